The van der Waals surface area contributed by atoms with Gasteiger partial charge in [-0.05, 0) is 39.4 Å². The third-order valence-electron chi connectivity index (χ3n) is 3.13. The van der Waals surface area contributed by atoms with Crippen molar-refractivity contribution in [3.8, 4) is 11.4 Å². The fourth-order valence-corrected chi connectivity index (χ4v) is 2.50. The average molecular weight is 347 g/mol. The van der Waals surface area contributed by atoms with Crippen LogP contribution in [0.3, 0.4) is 0 Å². The van der Waals surface area contributed by atoms with E-state index >= 15 is 0 Å². The SMILES string of the molecule is O=C(O)CCn1nnnc1-c1ccc2cc(Br)ccc2c1. The van der Waals surface area contributed by atoms with Gasteiger partial charge in [-0.3, -0.25) is 4.79 Å². The second kappa shape index (κ2) is 5.61. The molecule has 3 rings (SSSR count). The molecule has 0 spiro atoms. The fourth-order valence-electron chi connectivity index (χ4n) is 2.12. The lowest BCUT2D eigenvalue weighted by Crippen LogP contribution is -2.07. The zero-order valence-electron chi connectivity index (χ0n) is 10.9. The number of carbonyl (C=O) groups is 1. The van der Waals surface area contributed by atoms with Crippen molar-refractivity contribution >= 4 is 32.7 Å². The largest absolute Gasteiger partial charge is 0.481 e. The van der Waals surface area contributed by atoms with Gasteiger partial charge < -0.3 is 5.11 Å². The minimum absolute atomic E-state index is 0.0153. The Morgan fingerprint density at radius 3 is 2.76 bits per heavy atom. The molecule has 1 N–H and O–H groups in total. The molecule has 1 heterocycles. The highest BCUT2D eigenvalue weighted by Gasteiger charge is 2.10. The maximum absolute atomic E-state index is 10.7. The van der Waals surface area contributed by atoms with Crippen molar-refractivity contribution in [2.45, 2.75) is 13.0 Å². The molecule has 7 heteroatoms. The first kappa shape index (κ1) is 13.7. The average Bonchev–Trinajstić information content (AvgIpc) is 2.93. The maximum atomic E-state index is 10.7. The molecule has 21 heavy (non-hydrogen) atoms. The van der Waals surface area contributed by atoms with E-state index in [1.807, 2.05) is 36.4 Å². The van der Waals surface area contributed by atoms with E-state index in [2.05, 4.69) is 31.5 Å². The van der Waals surface area contributed by atoms with Gasteiger partial charge in [-0.15, -0.1) is 5.10 Å². The topological polar surface area (TPSA) is 80.9 Å². The molecule has 0 bridgehead atoms. The minimum Gasteiger partial charge on any atom is -0.481 e. The predicted octanol–water partition coefficient (Wildman–Crippen LogP) is 2.73. The molecule has 0 aliphatic rings. The molecule has 0 atom stereocenters. The van der Waals surface area contributed by atoms with Gasteiger partial charge in [0.1, 0.15) is 0 Å². The first-order chi connectivity index (χ1) is 10.1. The lowest BCUT2D eigenvalue weighted by molar-refractivity contribution is -0.137. The van der Waals surface area contributed by atoms with Crippen LogP contribution in [0.25, 0.3) is 22.2 Å². The summed E-state index contributed by atoms with van der Waals surface area (Å²) in [5.74, 6) is -0.305. The zero-order chi connectivity index (χ0) is 14.8. The number of aryl methyl sites for hydroxylation is 1. The van der Waals surface area contributed by atoms with Gasteiger partial charge in [-0.1, -0.05) is 34.1 Å². The standard InChI is InChI=1S/C14H11BrN4O2/c15-12-4-3-9-7-11(2-1-10(9)8-12)14-16-17-18-19(14)6-5-13(20)21/h1-4,7-8H,5-6H2,(H,20,21). The quantitative estimate of drug-likeness (QED) is 0.785. The summed E-state index contributed by atoms with van der Waals surface area (Å²) in [6.45, 7) is 0.246. The highest BCUT2D eigenvalue weighted by Crippen LogP contribution is 2.25. The Bertz CT molecular complexity index is 816. The van der Waals surface area contributed by atoms with Crippen molar-refractivity contribution in [1.82, 2.24) is 20.2 Å². The number of rotatable bonds is 4. The number of hydrogen-bond acceptors (Lipinski definition) is 4. The van der Waals surface area contributed by atoms with Gasteiger partial charge in [0.05, 0.1) is 13.0 Å². The van der Waals surface area contributed by atoms with Gasteiger partial charge in [0.25, 0.3) is 0 Å². The Morgan fingerprint density at radius 1 is 1.19 bits per heavy atom. The van der Waals surface area contributed by atoms with Crippen molar-refractivity contribution in [3.63, 3.8) is 0 Å². The number of carboxylic acids is 1. The smallest absolute Gasteiger partial charge is 0.305 e. The molecule has 1 aromatic heterocycles. The summed E-state index contributed by atoms with van der Waals surface area (Å²) in [5, 5.41) is 22.4. The molecule has 0 saturated carbocycles. The molecular weight excluding hydrogens is 336 g/mol. The number of fused-ring (bicyclic) bond motifs is 1. The minimum atomic E-state index is -0.875. The Balaban J connectivity index is 1.99. The number of benzene rings is 2. The van der Waals surface area contributed by atoms with Gasteiger partial charge >= 0.3 is 5.97 Å². The summed E-state index contributed by atoms with van der Waals surface area (Å²) < 4.78 is 2.53. The maximum Gasteiger partial charge on any atom is 0.305 e. The number of aromatic nitrogens is 4. The number of nitrogens with zero attached hydrogens (tertiary/aromatic N) is 4. The highest BCUT2D eigenvalue weighted by molar-refractivity contribution is 9.10. The molecule has 0 aliphatic carbocycles. The van der Waals surface area contributed by atoms with Crippen LogP contribution in [-0.4, -0.2) is 31.3 Å². The number of halogens is 1. The highest BCUT2D eigenvalue weighted by atomic mass is 79.9. The molecule has 0 radical (unpaired) electrons. The van der Waals surface area contributed by atoms with E-state index in [-0.39, 0.29) is 13.0 Å². The first-order valence-corrected chi connectivity index (χ1v) is 7.10. The first-order valence-electron chi connectivity index (χ1n) is 6.31. The van der Waals surface area contributed by atoms with Crippen LogP contribution >= 0.6 is 15.9 Å². The molecule has 106 valence electrons. The van der Waals surface area contributed by atoms with Gasteiger partial charge in [-0.2, -0.15) is 0 Å². The third-order valence-corrected chi connectivity index (χ3v) is 3.62. The number of tetrazole rings is 1. The van der Waals surface area contributed by atoms with Crippen LogP contribution in [0.1, 0.15) is 6.42 Å². The number of hydrogen-bond donors (Lipinski definition) is 1. The molecule has 0 fully saturated rings. The van der Waals surface area contributed by atoms with Crippen molar-refractivity contribution in [3.05, 3.63) is 40.9 Å². The van der Waals surface area contributed by atoms with E-state index in [1.54, 1.807) is 0 Å². The third kappa shape index (κ3) is 2.92. The molecule has 0 unspecified atom stereocenters. The Hall–Kier alpha value is -2.28. The van der Waals surface area contributed by atoms with Crippen LogP contribution in [-0.2, 0) is 11.3 Å². The molecule has 3 aromatic rings. The van der Waals surface area contributed by atoms with E-state index in [1.165, 1.54) is 4.68 Å². The lowest BCUT2D eigenvalue weighted by Gasteiger charge is -2.05. The second-order valence-electron chi connectivity index (χ2n) is 4.58. The zero-order valence-corrected chi connectivity index (χ0v) is 12.5. The van der Waals surface area contributed by atoms with E-state index in [4.69, 9.17) is 5.11 Å². The number of aliphatic carboxylic acids is 1. The van der Waals surface area contributed by atoms with Gasteiger partial charge in [0.2, 0.25) is 0 Å². The van der Waals surface area contributed by atoms with E-state index in [0.717, 1.165) is 20.8 Å². The van der Waals surface area contributed by atoms with Crippen molar-refractivity contribution in [2.75, 3.05) is 0 Å². The molecular formula is C14H11BrN4O2. The normalized spacial score (nSPS) is 10.9. The van der Waals surface area contributed by atoms with E-state index < -0.39 is 5.97 Å². The van der Waals surface area contributed by atoms with Crippen molar-refractivity contribution < 1.29 is 9.90 Å². The molecule has 2 aromatic carbocycles. The van der Waals surface area contributed by atoms with Gasteiger partial charge in [-0.25, -0.2) is 4.68 Å². The predicted molar refractivity (Wildman–Crippen MR) is 80.7 cm³/mol. The Morgan fingerprint density at radius 2 is 1.95 bits per heavy atom. The summed E-state index contributed by atoms with van der Waals surface area (Å²) in [4.78, 5) is 10.7. The van der Waals surface area contributed by atoms with Crippen LogP contribution in [0.15, 0.2) is 40.9 Å². The second-order valence-corrected chi connectivity index (χ2v) is 5.49. The van der Waals surface area contributed by atoms with E-state index in [9.17, 15) is 4.79 Å². The van der Waals surface area contributed by atoms with Crippen LogP contribution < -0.4 is 0 Å². The summed E-state index contributed by atoms with van der Waals surface area (Å²) in [6.07, 6.45) is -0.0153. The van der Waals surface area contributed by atoms with Crippen LogP contribution in [0, 0.1) is 0 Å². The van der Waals surface area contributed by atoms with Crippen LogP contribution in [0.2, 0.25) is 0 Å². The Labute approximate surface area is 128 Å². The van der Waals surface area contributed by atoms with Crippen LogP contribution in [0.5, 0.6) is 0 Å². The van der Waals surface area contributed by atoms with E-state index in [0.29, 0.717) is 5.82 Å². The summed E-state index contributed by atoms with van der Waals surface area (Å²) in [7, 11) is 0. The summed E-state index contributed by atoms with van der Waals surface area (Å²) in [6, 6.07) is 11.9. The molecule has 0 aliphatic heterocycles. The number of carboxylic acid groups (broad SMARTS) is 1. The monoisotopic (exact) mass is 346 g/mol. The summed E-state index contributed by atoms with van der Waals surface area (Å²) in [5.41, 5.74) is 0.861. The molecule has 6 nitrogen and oxygen atoms in total. The Kier molecular flexibility index (Phi) is 3.66. The van der Waals surface area contributed by atoms with Crippen LogP contribution in [0.4, 0.5) is 0 Å². The summed E-state index contributed by atoms with van der Waals surface area (Å²) >= 11 is 3.44. The van der Waals surface area contributed by atoms with Crippen molar-refractivity contribution in [1.29, 1.82) is 0 Å². The van der Waals surface area contributed by atoms with Crippen molar-refractivity contribution in [2.24, 2.45) is 0 Å². The molecule has 0 amide bonds. The van der Waals surface area contributed by atoms with Gasteiger partial charge in [0, 0.05) is 10.0 Å². The van der Waals surface area contributed by atoms with Gasteiger partial charge in [0.15, 0.2) is 5.82 Å². The molecule has 0 saturated heterocycles. The lowest BCUT2D eigenvalue weighted by atomic mass is 10.1. The fraction of sp³-hybridized carbons (Fsp3) is 0.143.